The van der Waals surface area contributed by atoms with Gasteiger partial charge in [-0.05, 0) is 20.3 Å². The average Bonchev–Trinajstić information content (AvgIpc) is 2.83. The SMILES string of the molecule is C=CCC(C)(C)OCC(C)(C)C1CO1. The van der Waals surface area contributed by atoms with Gasteiger partial charge in [-0.1, -0.05) is 19.9 Å². The van der Waals surface area contributed by atoms with Gasteiger partial charge < -0.3 is 9.47 Å². The third-order valence-corrected chi connectivity index (χ3v) is 2.68. The molecule has 0 aromatic heterocycles. The van der Waals surface area contributed by atoms with E-state index in [0.717, 1.165) is 19.6 Å². The van der Waals surface area contributed by atoms with Gasteiger partial charge in [0.25, 0.3) is 0 Å². The Morgan fingerprint density at radius 1 is 1.43 bits per heavy atom. The van der Waals surface area contributed by atoms with Crippen molar-refractivity contribution in [2.75, 3.05) is 13.2 Å². The predicted molar refractivity (Wildman–Crippen MR) is 58.4 cm³/mol. The van der Waals surface area contributed by atoms with Crippen molar-refractivity contribution >= 4 is 0 Å². The van der Waals surface area contributed by atoms with Crippen LogP contribution in [-0.2, 0) is 9.47 Å². The van der Waals surface area contributed by atoms with Crippen molar-refractivity contribution in [2.45, 2.75) is 45.8 Å². The Bertz CT molecular complexity index is 202. The van der Waals surface area contributed by atoms with E-state index in [4.69, 9.17) is 9.47 Å². The topological polar surface area (TPSA) is 21.8 Å². The summed E-state index contributed by atoms with van der Waals surface area (Å²) in [5.74, 6) is 0. The van der Waals surface area contributed by atoms with Crippen molar-refractivity contribution in [3.05, 3.63) is 12.7 Å². The van der Waals surface area contributed by atoms with Crippen LogP contribution in [-0.4, -0.2) is 24.9 Å². The summed E-state index contributed by atoms with van der Waals surface area (Å²) in [5.41, 5.74) is 0.0341. The van der Waals surface area contributed by atoms with Crippen molar-refractivity contribution in [2.24, 2.45) is 5.41 Å². The van der Waals surface area contributed by atoms with Gasteiger partial charge in [0.15, 0.2) is 0 Å². The quantitative estimate of drug-likeness (QED) is 0.483. The van der Waals surface area contributed by atoms with Gasteiger partial charge in [-0.15, -0.1) is 6.58 Å². The maximum atomic E-state index is 5.88. The summed E-state index contributed by atoms with van der Waals surface area (Å²) in [4.78, 5) is 0. The Hall–Kier alpha value is -0.340. The fourth-order valence-electron chi connectivity index (χ4n) is 1.38. The summed E-state index contributed by atoms with van der Waals surface area (Å²) in [5, 5.41) is 0. The van der Waals surface area contributed by atoms with Crippen LogP contribution < -0.4 is 0 Å². The van der Waals surface area contributed by atoms with E-state index < -0.39 is 0 Å². The Kier molecular flexibility index (Phi) is 3.38. The largest absolute Gasteiger partial charge is 0.375 e. The molecule has 0 spiro atoms. The zero-order valence-electron chi connectivity index (χ0n) is 9.80. The van der Waals surface area contributed by atoms with Crippen LogP contribution in [0.1, 0.15) is 34.1 Å². The fraction of sp³-hybridized carbons (Fsp3) is 0.833. The lowest BCUT2D eigenvalue weighted by molar-refractivity contribution is -0.0583. The standard InChI is InChI=1S/C12H22O2/c1-6-7-12(4,5)14-9-11(2,3)10-8-13-10/h6,10H,1,7-9H2,2-5H3. The first-order valence-electron chi connectivity index (χ1n) is 5.24. The molecule has 0 N–H and O–H groups in total. The second kappa shape index (κ2) is 4.03. The van der Waals surface area contributed by atoms with Gasteiger partial charge in [0, 0.05) is 5.41 Å². The van der Waals surface area contributed by atoms with Gasteiger partial charge in [0.05, 0.1) is 24.9 Å². The number of hydrogen-bond acceptors (Lipinski definition) is 2. The van der Waals surface area contributed by atoms with Gasteiger partial charge >= 0.3 is 0 Å². The van der Waals surface area contributed by atoms with Crippen LogP contribution in [0.3, 0.4) is 0 Å². The number of hydrogen-bond donors (Lipinski definition) is 0. The number of epoxide rings is 1. The van der Waals surface area contributed by atoms with E-state index in [9.17, 15) is 0 Å². The second-order valence-corrected chi connectivity index (χ2v) is 5.35. The van der Waals surface area contributed by atoms with E-state index >= 15 is 0 Å². The van der Waals surface area contributed by atoms with Gasteiger partial charge in [-0.25, -0.2) is 0 Å². The highest BCUT2D eigenvalue weighted by molar-refractivity contribution is 4.88. The first-order valence-corrected chi connectivity index (χ1v) is 5.24. The molecule has 0 aromatic rings. The molecule has 0 aliphatic carbocycles. The highest BCUT2D eigenvalue weighted by Gasteiger charge is 2.40. The van der Waals surface area contributed by atoms with Crippen molar-refractivity contribution in [1.29, 1.82) is 0 Å². The summed E-state index contributed by atoms with van der Waals surface area (Å²) in [7, 11) is 0. The minimum atomic E-state index is -0.103. The number of ether oxygens (including phenoxy) is 2. The van der Waals surface area contributed by atoms with E-state index in [0.29, 0.717) is 6.10 Å². The van der Waals surface area contributed by atoms with E-state index in [-0.39, 0.29) is 11.0 Å². The molecule has 82 valence electrons. The molecule has 0 radical (unpaired) electrons. The van der Waals surface area contributed by atoms with Crippen LogP contribution in [0.5, 0.6) is 0 Å². The van der Waals surface area contributed by atoms with Crippen LogP contribution in [0.2, 0.25) is 0 Å². The molecular weight excluding hydrogens is 176 g/mol. The Labute approximate surface area is 87.3 Å². The summed E-state index contributed by atoms with van der Waals surface area (Å²) >= 11 is 0. The Morgan fingerprint density at radius 3 is 2.43 bits per heavy atom. The lowest BCUT2D eigenvalue weighted by Crippen LogP contribution is -2.33. The summed E-state index contributed by atoms with van der Waals surface area (Å²) in [6, 6.07) is 0. The fourth-order valence-corrected chi connectivity index (χ4v) is 1.38. The van der Waals surface area contributed by atoms with Crippen LogP contribution >= 0.6 is 0 Å². The van der Waals surface area contributed by atoms with Crippen molar-refractivity contribution in [3.63, 3.8) is 0 Å². The molecule has 1 atom stereocenters. The third-order valence-electron chi connectivity index (χ3n) is 2.68. The molecule has 1 unspecified atom stereocenters. The molecule has 0 bridgehead atoms. The number of rotatable bonds is 6. The Balaban J connectivity index is 2.34. The molecule has 1 aliphatic heterocycles. The molecule has 14 heavy (non-hydrogen) atoms. The van der Waals surface area contributed by atoms with Crippen molar-refractivity contribution in [3.8, 4) is 0 Å². The maximum Gasteiger partial charge on any atom is 0.0882 e. The normalized spacial score (nSPS) is 22.1. The average molecular weight is 198 g/mol. The van der Waals surface area contributed by atoms with E-state index in [1.165, 1.54) is 0 Å². The third kappa shape index (κ3) is 3.43. The lowest BCUT2D eigenvalue weighted by Gasteiger charge is -2.30. The molecule has 1 fully saturated rings. The van der Waals surface area contributed by atoms with Crippen molar-refractivity contribution in [1.82, 2.24) is 0 Å². The first-order chi connectivity index (χ1) is 6.37. The van der Waals surface area contributed by atoms with Crippen LogP contribution in [0.25, 0.3) is 0 Å². The lowest BCUT2D eigenvalue weighted by atomic mass is 9.90. The highest BCUT2D eigenvalue weighted by atomic mass is 16.6. The predicted octanol–water partition coefficient (Wildman–Crippen LogP) is 2.78. The van der Waals surface area contributed by atoms with Crippen molar-refractivity contribution < 1.29 is 9.47 Å². The molecule has 0 amide bonds. The highest BCUT2D eigenvalue weighted by Crippen LogP contribution is 2.33. The molecule has 0 aromatic carbocycles. The minimum absolute atomic E-state index is 0.103. The zero-order valence-corrected chi connectivity index (χ0v) is 9.80. The molecular formula is C12H22O2. The van der Waals surface area contributed by atoms with E-state index in [2.05, 4.69) is 34.3 Å². The van der Waals surface area contributed by atoms with Gasteiger partial charge in [-0.2, -0.15) is 0 Å². The molecule has 1 heterocycles. The smallest absolute Gasteiger partial charge is 0.0882 e. The van der Waals surface area contributed by atoms with Crippen LogP contribution in [0.15, 0.2) is 12.7 Å². The summed E-state index contributed by atoms with van der Waals surface area (Å²) in [6.45, 7) is 13.9. The molecule has 1 aliphatic rings. The van der Waals surface area contributed by atoms with Gasteiger partial charge in [0.1, 0.15) is 0 Å². The second-order valence-electron chi connectivity index (χ2n) is 5.35. The zero-order chi connectivity index (χ0) is 10.8. The van der Waals surface area contributed by atoms with Gasteiger partial charge in [-0.3, -0.25) is 0 Å². The van der Waals surface area contributed by atoms with E-state index in [1.807, 2.05) is 6.08 Å². The Morgan fingerprint density at radius 2 is 2.00 bits per heavy atom. The van der Waals surface area contributed by atoms with E-state index in [1.54, 1.807) is 0 Å². The molecule has 0 saturated carbocycles. The molecule has 1 rings (SSSR count). The van der Waals surface area contributed by atoms with Crippen LogP contribution in [0.4, 0.5) is 0 Å². The first kappa shape index (κ1) is 11.7. The molecule has 2 nitrogen and oxygen atoms in total. The molecule has 1 saturated heterocycles. The minimum Gasteiger partial charge on any atom is -0.375 e. The monoisotopic (exact) mass is 198 g/mol. The summed E-state index contributed by atoms with van der Waals surface area (Å²) in [6.07, 6.45) is 3.18. The van der Waals surface area contributed by atoms with Crippen LogP contribution in [0, 0.1) is 5.41 Å². The maximum absolute atomic E-state index is 5.88. The molecule has 2 heteroatoms. The summed E-state index contributed by atoms with van der Waals surface area (Å²) < 4.78 is 11.2. The van der Waals surface area contributed by atoms with Gasteiger partial charge in [0.2, 0.25) is 0 Å².